The van der Waals surface area contributed by atoms with Crippen LogP contribution in [-0.2, 0) is 11.0 Å². The molecule has 168 valence electrons. The molecule has 0 aliphatic rings. The van der Waals surface area contributed by atoms with Crippen molar-refractivity contribution >= 4 is 29.2 Å². The van der Waals surface area contributed by atoms with Crippen LogP contribution in [0.15, 0.2) is 48.5 Å². The van der Waals surface area contributed by atoms with Crippen LogP contribution in [0.4, 0.5) is 19.0 Å². The number of hydrogen-bond donors (Lipinski definition) is 2. The number of rotatable bonds is 6. The molecule has 0 atom stereocenters. The number of anilines is 1. The normalized spacial score (nSPS) is 11.3. The fourth-order valence-corrected chi connectivity index (χ4v) is 3.24. The van der Waals surface area contributed by atoms with Crippen molar-refractivity contribution in [1.29, 1.82) is 0 Å². The lowest BCUT2D eigenvalue weighted by molar-refractivity contribution is -0.137. The standard InChI is InChI=1S/C22H20ClF3N4O2/c1-13-5-3-4-6-16(13)21(32)27-10-9-20(31)28-19-11-14(2)29-30(19)18-12-15(22(24,25)26)7-8-17(18)23/h3-8,11-12H,9-10H2,1-2H3,(H,27,32)(H,28,31). The van der Waals surface area contributed by atoms with E-state index in [1.807, 2.05) is 19.1 Å². The Bertz CT molecular complexity index is 1160. The first-order chi connectivity index (χ1) is 15.1. The number of halogens is 4. The van der Waals surface area contributed by atoms with Gasteiger partial charge in [0, 0.05) is 24.6 Å². The molecule has 1 heterocycles. The molecule has 0 fully saturated rings. The van der Waals surface area contributed by atoms with E-state index in [1.54, 1.807) is 19.1 Å². The van der Waals surface area contributed by atoms with E-state index in [-0.39, 0.29) is 35.4 Å². The minimum Gasteiger partial charge on any atom is -0.352 e. The number of nitrogens with zero attached hydrogens (tertiary/aromatic N) is 2. The van der Waals surface area contributed by atoms with Gasteiger partial charge in [0.25, 0.3) is 5.91 Å². The summed E-state index contributed by atoms with van der Waals surface area (Å²) in [6.07, 6.45) is -4.60. The van der Waals surface area contributed by atoms with E-state index in [2.05, 4.69) is 15.7 Å². The second-order valence-electron chi connectivity index (χ2n) is 7.12. The molecule has 0 aliphatic carbocycles. The largest absolute Gasteiger partial charge is 0.416 e. The summed E-state index contributed by atoms with van der Waals surface area (Å²) in [5.74, 6) is -0.578. The number of benzene rings is 2. The summed E-state index contributed by atoms with van der Waals surface area (Å²) in [6.45, 7) is 3.52. The third-order valence-electron chi connectivity index (χ3n) is 4.63. The summed E-state index contributed by atoms with van der Waals surface area (Å²) in [5.41, 5.74) is 0.897. The summed E-state index contributed by atoms with van der Waals surface area (Å²) < 4.78 is 40.5. The monoisotopic (exact) mass is 464 g/mol. The van der Waals surface area contributed by atoms with Gasteiger partial charge in [-0.2, -0.15) is 18.3 Å². The maximum atomic E-state index is 13.1. The fraction of sp³-hybridized carbons (Fsp3) is 0.227. The molecule has 0 saturated heterocycles. The van der Waals surface area contributed by atoms with Gasteiger partial charge >= 0.3 is 6.18 Å². The Balaban J connectivity index is 1.70. The molecular weight excluding hydrogens is 445 g/mol. The summed E-state index contributed by atoms with van der Waals surface area (Å²) in [4.78, 5) is 24.6. The Kier molecular flexibility index (Phi) is 6.88. The van der Waals surface area contributed by atoms with Crippen LogP contribution in [0, 0.1) is 13.8 Å². The first-order valence-corrected chi connectivity index (χ1v) is 10.0. The molecule has 3 aromatic rings. The molecule has 2 amide bonds. The lowest BCUT2D eigenvalue weighted by Gasteiger charge is -2.13. The molecule has 2 aromatic carbocycles. The second-order valence-corrected chi connectivity index (χ2v) is 7.52. The minimum atomic E-state index is -4.56. The third kappa shape index (κ3) is 5.47. The number of aromatic nitrogens is 2. The Morgan fingerprint density at radius 1 is 1.09 bits per heavy atom. The van der Waals surface area contributed by atoms with Gasteiger partial charge in [0.2, 0.25) is 5.91 Å². The fourth-order valence-electron chi connectivity index (χ4n) is 3.04. The number of nitrogens with one attached hydrogen (secondary N) is 2. The first-order valence-electron chi connectivity index (χ1n) is 9.63. The lowest BCUT2D eigenvalue weighted by Crippen LogP contribution is -2.28. The van der Waals surface area contributed by atoms with Crippen LogP contribution in [0.2, 0.25) is 5.02 Å². The van der Waals surface area contributed by atoms with Gasteiger partial charge in [-0.05, 0) is 43.7 Å². The predicted octanol–water partition coefficient (Wildman–Crippen LogP) is 4.92. The van der Waals surface area contributed by atoms with Gasteiger partial charge in [-0.3, -0.25) is 9.59 Å². The van der Waals surface area contributed by atoms with Crippen molar-refractivity contribution in [2.24, 2.45) is 0 Å². The highest BCUT2D eigenvalue weighted by atomic mass is 35.5. The van der Waals surface area contributed by atoms with Gasteiger partial charge in [-0.15, -0.1) is 0 Å². The molecular formula is C22H20ClF3N4O2. The molecule has 1 aromatic heterocycles. The summed E-state index contributed by atoms with van der Waals surface area (Å²) >= 11 is 6.10. The van der Waals surface area contributed by atoms with Crippen molar-refractivity contribution in [1.82, 2.24) is 15.1 Å². The molecule has 0 unspecified atom stereocenters. The number of carbonyl (C=O) groups excluding carboxylic acids is 2. The highest BCUT2D eigenvalue weighted by Crippen LogP contribution is 2.34. The number of aryl methyl sites for hydroxylation is 2. The molecule has 0 radical (unpaired) electrons. The topological polar surface area (TPSA) is 76.0 Å². The Morgan fingerprint density at radius 3 is 2.50 bits per heavy atom. The molecule has 0 aliphatic heterocycles. The van der Waals surface area contributed by atoms with Crippen LogP contribution in [0.25, 0.3) is 5.69 Å². The van der Waals surface area contributed by atoms with Gasteiger partial charge in [-0.25, -0.2) is 4.68 Å². The molecule has 6 nitrogen and oxygen atoms in total. The molecule has 32 heavy (non-hydrogen) atoms. The molecule has 0 bridgehead atoms. The van der Waals surface area contributed by atoms with E-state index in [1.165, 1.54) is 6.07 Å². The van der Waals surface area contributed by atoms with Crippen molar-refractivity contribution in [2.45, 2.75) is 26.4 Å². The van der Waals surface area contributed by atoms with Crippen molar-refractivity contribution in [2.75, 3.05) is 11.9 Å². The van der Waals surface area contributed by atoms with Crippen molar-refractivity contribution < 1.29 is 22.8 Å². The zero-order chi connectivity index (χ0) is 23.5. The predicted molar refractivity (Wildman–Crippen MR) is 115 cm³/mol. The number of hydrogen-bond acceptors (Lipinski definition) is 3. The first kappa shape index (κ1) is 23.3. The second kappa shape index (κ2) is 9.44. The molecule has 0 spiro atoms. The summed E-state index contributed by atoms with van der Waals surface area (Å²) in [6, 6.07) is 11.4. The van der Waals surface area contributed by atoms with Crippen LogP contribution in [0.1, 0.15) is 33.6 Å². The maximum Gasteiger partial charge on any atom is 0.416 e. The number of amides is 2. The van der Waals surface area contributed by atoms with Crippen molar-refractivity contribution in [3.63, 3.8) is 0 Å². The van der Waals surface area contributed by atoms with E-state index in [0.717, 1.165) is 28.4 Å². The molecule has 10 heteroatoms. The highest BCUT2D eigenvalue weighted by Gasteiger charge is 2.31. The van der Waals surface area contributed by atoms with E-state index in [9.17, 15) is 22.8 Å². The van der Waals surface area contributed by atoms with Gasteiger partial charge in [0.1, 0.15) is 5.82 Å². The SMILES string of the molecule is Cc1cc(NC(=O)CCNC(=O)c2ccccc2C)n(-c2cc(C(F)(F)F)ccc2Cl)n1. The number of alkyl halides is 3. The van der Waals surface area contributed by atoms with Crippen molar-refractivity contribution in [3.8, 4) is 5.69 Å². The van der Waals surface area contributed by atoms with Gasteiger partial charge in [0.05, 0.1) is 22.0 Å². The lowest BCUT2D eigenvalue weighted by atomic mass is 10.1. The molecule has 2 N–H and O–H groups in total. The summed E-state index contributed by atoms with van der Waals surface area (Å²) in [5, 5.41) is 9.48. The van der Waals surface area contributed by atoms with Crippen molar-refractivity contribution in [3.05, 3.63) is 75.9 Å². The minimum absolute atomic E-state index is 0.0160. The average molecular weight is 465 g/mol. The average Bonchev–Trinajstić information content (AvgIpc) is 3.07. The van der Waals surface area contributed by atoms with Crippen LogP contribution in [0.5, 0.6) is 0 Å². The number of carbonyl (C=O) groups is 2. The van der Waals surface area contributed by atoms with E-state index >= 15 is 0 Å². The van der Waals surface area contributed by atoms with E-state index < -0.39 is 17.6 Å². The zero-order valence-electron chi connectivity index (χ0n) is 17.3. The van der Waals surface area contributed by atoms with Gasteiger partial charge in [-0.1, -0.05) is 29.8 Å². The zero-order valence-corrected chi connectivity index (χ0v) is 18.0. The molecule has 3 rings (SSSR count). The maximum absolute atomic E-state index is 13.1. The van der Waals surface area contributed by atoms with Crippen LogP contribution in [-0.4, -0.2) is 28.1 Å². The Hall–Kier alpha value is -3.33. The Morgan fingerprint density at radius 2 is 1.81 bits per heavy atom. The quantitative estimate of drug-likeness (QED) is 0.543. The van der Waals surface area contributed by atoms with Crippen LogP contribution < -0.4 is 10.6 Å². The van der Waals surface area contributed by atoms with Gasteiger partial charge < -0.3 is 10.6 Å². The smallest absolute Gasteiger partial charge is 0.352 e. The Labute approximate surface area is 187 Å². The van der Waals surface area contributed by atoms with E-state index in [0.29, 0.717) is 11.3 Å². The van der Waals surface area contributed by atoms with Crippen LogP contribution >= 0.6 is 11.6 Å². The summed E-state index contributed by atoms with van der Waals surface area (Å²) in [7, 11) is 0. The van der Waals surface area contributed by atoms with E-state index in [4.69, 9.17) is 11.6 Å². The van der Waals surface area contributed by atoms with Gasteiger partial charge in [0.15, 0.2) is 0 Å². The third-order valence-corrected chi connectivity index (χ3v) is 4.95. The van der Waals surface area contributed by atoms with Crippen LogP contribution in [0.3, 0.4) is 0 Å². The highest BCUT2D eigenvalue weighted by molar-refractivity contribution is 6.32. The molecule has 0 saturated carbocycles.